The van der Waals surface area contributed by atoms with Crippen molar-refractivity contribution < 1.29 is 9.90 Å². The number of benzene rings is 2. The Morgan fingerprint density at radius 3 is 2.46 bits per heavy atom. The number of aromatic nitrogens is 2. The Morgan fingerprint density at radius 2 is 1.71 bits per heavy atom. The lowest BCUT2D eigenvalue weighted by Gasteiger charge is -2.35. The number of phenolic OH excluding ortho intramolecular Hbond substituents is 1. The molecule has 0 bridgehead atoms. The molecule has 1 aliphatic rings. The largest absolute Gasteiger partial charge is 0.507 e. The van der Waals surface area contributed by atoms with Crippen LogP contribution in [-0.4, -0.2) is 58.5 Å². The highest BCUT2D eigenvalue weighted by atomic mass is 16.3. The molecule has 4 rings (SSSR count). The molecular formula is C22H24N4O2. The molecule has 2 aromatic carbocycles. The first-order valence-corrected chi connectivity index (χ1v) is 9.64. The molecule has 0 spiro atoms. The first kappa shape index (κ1) is 18.4. The third-order valence-electron chi connectivity index (χ3n) is 5.18. The molecule has 0 aliphatic carbocycles. The lowest BCUT2D eigenvalue weighted by atomic mass is 10.1. The monoisotopic (exact) mass is 376 g/mol. The third kappa shape index (κ3) is 3.82. The summed E-state index contributed by atoms with van der Waals surface area (Å²) in [4.78, 5) is 25.4. The summed E-state index contributed by atoms with van der Waals surface area (Å²) in [6.45, 7) is 5.95. The van der Waals surface area contributed by atoms with Crippen LogP contribution in [-0.2, 0) is 4.79 Å². The molecule has 0 atom stereocenters. The highest BCUT2D eigenvalue weighted by Crippen LogP contribution is 2.31. The normalized spacial score (nSPS) is 15.1. The Bertz CT molecular complexity index is 997. The highest BCUT2D eigenvalue weighted by Gasteiger charge is 2.21. The van der Waals surface area contributed by atoms with Gasteiger partial charge in [-0.3, -0.25) is 9.69 Å². The Hall–Kier alpha value is -2.99. The van der Waals surface area contributed by atoms with Gasteiger partial charge >= 0.3 is 0 Å². The molecule has 1 saturated heterocycles. The van der Waals surface area contributed by atoms with Gasteiger partial charge in [-0.25, -0.2) is 9.97 Å². The van der Waals surface area contributed by atoms with E-state index in [4.69, 9.17) is 4.98 Å². The van der Waals surface area contributed by atoms with E-state index in [0.717, 1.165) is 49.4 Å². The van der Waals surface area contributed by atoms with E-state index in [1.165, 1.54) is 0 Å². The van der Waals surface area contributed by atoms with Crippen LogP contribution in [0.4, 0.5) is 5.82 Å². The molecular weight excluding hydrogens is 352 g/mol. The maximum Gasteiger partial charge on any atom is 0.165 e. The fourth-order valence-corrected chi connectivity index (χ4v) is 3.58. The first-order valence-electron chi connectivity index (χ1n) is 9.64. The number of piperazine rings is 1. The van der Waals surface area contributed by atoms with Crippen molar-refractivity contribution in [3.63, 3.8) is 0 Å². The summed E-state index contributed by atoms with van der Waals surface area (Å²) < 4.78 is 0. The predicted octanol–water partition coefficient (Wildman–Crippen LogP) is 3.10. The number of rotatable bonds is 5. The third-order valence-corrected chi connectivity index (χ3v) is 5.18. The van der Waals surface area contributed by atoms with Gasteiger partial charge in [0.15, 0.2) is 5.82 Å². The zero-order valence-electron chi connectivity index (χ0n) is 16.0. The van der Waals surface area contributed by atoms with Gasteiger partial charge in [-0.2, -0.15) is 0 Å². The lowest BCUT2D eigenvalue weighted by molar-refractivity contribution is -0.117. The second kappa shape index (κ2) is 7.94. The number of hydrogen-bond acceptors (Lipinski definition) is 6. The van der Waals surface area contributed by atoms with Crippen LogP contribution < -0.4 is 4.90 Å². The maximum absolute atomic E-state index is 11.2. The summed E-state index contributed by atoms with van der Waals surface area (Å²) in [7, 11) is 0. The van der Waals surface area contributed by atoms with Crippen molar-refractivity contribution in [1.29, 1.82) is 0 Å². The summed E-state index contributed by atoms with van der Waals surface area (Å²) in [5, 5.41) is 11.3. The smallest absolute Gasteiger partial charge is 0.165 e. The summed E-state index contributed by atoms with van der Waals surface area (Å²) in [6, 6.07) is 15.1. The Kier molecular flexibility index (Phi) is 5.21. The molecule has 0 amide bonds. The topological polar surface area (TPSA) is 69.6 Å². The predicted molar refractivity (Wildman–Crippen MR) is 111 cm³/mol. The van der Waals surface area contributed by atoms with Gasteiger partial charge < -0.3 is 10.0 Å². The number of carbonyl (C=O) groups excluding carboxylic acids is 1. The number of para-hydroxylation sites is 2. The molecule has 1 aromatic heterocycles. The van der Waals surface area contributed by atoms with Crippen LogP contribution in [0.5, 0.6) is 5.75 Å². The van der Waals surface area contributed by atoms with Gasteiger partial charge in [0.2, 0.25) is 0 Å². The van der Waals surface area contributed by atoms with E-state index in [1.807, 2.05) is 36.4 Å². The van der Waals surface area contributed by atoms with Gasteiger partial charge in [0.25, 0.3) is 0 Å². The Balaban J connectivity index is 1.65. The molecule has 1 N–H and O–H groups in total. The van der Waals surface area contributed by atoms with Crippen molar-refractivity contribution in [2.45, 2.75) is 13.3 Å². The molecule has 3 aromatic rings. The van der Waals surface area contributed by atoms with E-state index in [-0.39, 0.29) is 11.5 Å². The van der Waals surface area contributed by atoms with Crippen LogP contribution in [0.15, 0.2) is 48.5 Å². The number of ketones is 1. The zero-order chi connectivity index (χ0) is 19.5. The average molecular weight is 376 g/mol. The van der Waals surface area contributed by atoms with Crippen molar-refractivity contribution >= 4 is 22.5 Å². The second-order valence-corrected chi connectivity index (χ2v) is 7.19. The van der Waals surface area contributed by atoms with Crippen molar-refractivity contribution in [2.24, 2.45) is 0 Å². The summed E-state index contributed by atoms with van der Waals surface area (Å²) in [5.41, 5.74) is 1.50. The van der Waals surface area contributed by atoms with Gasteiger partial charge in [-0.05, 0) is 31.2 Å². The number of carbonyl (C=O) groups is 1. The molecule has 0 saturated carbocycles. The number of fused-ring (bicyclic) bond motifs is 1. The van der Waals surface area contributed by atoms with E-state index in [2.05, 4.69) is 14.8 Å². The quantitative estimate of drug-likeness (QED) is 0.738. The number of Topliss-reactive ketones (excluding diaryl/α,β-unsaturated/α-hetero) is 1. The molecule has 1 fully saturated rings. The highest BCUT2D eigenvalue weighted by molar-refractivity contribution is 5.91. The average Bonchev–Trinajstić information content (AvgIpc) is 2.72. The second-order valence-electron chi connectivity index (χ2n) is 7.19. The Labute approximate surface area is 164 Å². The first-order chi connectivity index (χ1) is 13.6. The lowest BCUT2D eigenvalue weighted by Crippen LogP contribution is -2.47. The molecule has 144 valence electrons. The van der Waals surface area contributed by atoms with Gasteiger partial charge in [-0.15, -0.1) is 0 Å². The summed E-state index contributed by atoms with van der Waals surface area (Å²) in [6.07, 6.45) is 0.605. The van der Waals surface area contributed by atoms with Gasteiger partial charge in [0.05, 0.1) is 11.1 Å². The summed E-state index contributed by atoms with van der Waals surface area (Å²) in [5.74, 6) is 1.84. The molecule has 6 nitrogen and oxygen atoms in total. The van der Waals surface area contributed by atoms with Crippen molar-refractivity contribution in [3.05, 3.63) is 48.5 Å². The van der Waals surface area contributed by atoms with Gasteiger partial charge in [0.1, 0.15) is 17.4 Å². The van der Waals surface area contributed by atoms with E-state index in [9.17, 15) is 9.90 Å². The zero-order valence-corrected chi connectivity index (χ0v) is 16.0. The standard InChI is InChI=1S/C22H24N4O2/c1-16(27)10-11-25-12-14-26(15-13-25)22-17-6-2-4-8-19(17)23-21(24-22)18-7-3-5-9-20(18)28/h2-9,28H,10-15H2,1H3. The minimum absolute atomic E-state index is 0.179. The fourth-order valence-electron chi connectivity index (χ4n) is 3.58. The number of aromatic hydroxyl groups is 1. The van der Waals surface area contributed by atoms with Crippen LogP contribution in [0.25, 0.3) is 22.3 Å². The van der Waals surface area contributed by atoms with E-state index >= 15 is 0 Å². The molecule has 2 heterocycles. The maximum atomic E-state index is 11.2. The van der Waals surface area contributed by atoms with Gasteiger partial charge in [-0.1, -0.05) is 24.3 Å². The molecule has 6 heteroatoms. The van der Waals surface area contributed by atoms with Crippen LogP contribution in [0, 0.1) is 0 Å². The Morgan fingerprint density at radius 1 is 1.00 bits per heavy atom. The number of anilines is 1. The molecule has 1 aliphatic heterocycles. The van der Waals surface area contributed by atoms with Crippen molar-refractivity contribution in [1.82, 2.24) is 14.9 Å². The fraction of sp³-hybridized carbons (Fsp3) is 0.318. The van der Waals surface area contributed by atoms with E-state index < -0.39 is 0 Å². The van der Waals surface area contributed by atoms with Crippen LogP contribution in [0.2, 0.25) is 0 Å². The van der Waals surface area contributed by atoms with Crippen LogP contribution in [0.1, 0.15) is 13.3 Å². The van der Waals surface area contributed by atoms with Crippen LogP contribution in [0.3, 0.4) is 0 Å². The number of phenols is 1. The molecule has 0 radical (unpaired) electrons. The SMILES string of the molecule is CC(=O)CCN1CCN(c2nc(-c3ccccc3O)nc3ccccc23)CC1. The van der Waals surface area contributed by atoms with E-state index in [1.54, 1.807) is 19.1 Å². The van der Waals surface area contributed by atoms with Crippen LogP contribution >= 0.6 is 0 Å². The molecule has 0 unspecified atom stereocenters. The number of nitrogens with zero attached hydrogens (tertiary/aromatic N) is 4. The minimum atomic E-state index is 0.179. The van der Waals surface area contributed by atoms with Gasteiger partial charge in [0, 0.05) is 44.5 Å². The van der Waals surface area contributed by atoms with Crippen molar-refractivity contribution in [3.8, 4) is 17.1 Å². The van der Waals surface area contributed by atoms with Crippen molar-refractivity contribution in [2.75, 3.05) is 37.6 Å². The number of hydrogen-bond donors (Lipinski definition) is 1. The molecule has 28 heavy (non-hydrogen) atoms. The minimum Gasteiger partial charge on any atom is -0.507 e. The van der Waals surface area contributed by atoms with E-state index in [0.29, 0.717) is 17.8 Å². The summed E-state index contributed by atoms with van der Waals surface area (Å²) >= 11 is 0.